The number of amides is 1. The molecule has 3 heteroatoms. The van der Waals surface area contributed by atoms with Crippen molar-refractivity contribution in [2.24, 2.45) is 17.1 Å². The molecule has 0 aromatic heterocycles. The molecule has 1 fully saturated rings. The molecule has 0 heterocycles. The highest BCUT2D eigenvalue weighted by molar-refractivity contribution is 5.76. The van der Waals surface area contributed by atoms with E-state index in [4.69, 9.17) is 5.73 Å². The van der Waals surface area contributed by atoms with E-state index in [1.165, 1.54) is 25.7 Å². The van der Waals surface area contributed by atoms with Gasteiger partial charge >= 0.3 is 0 Å². The fourth-order valence-corrected chi connectivity index (χ4v) is 2.53. The predicted molar refractivity (Wildman–Crippen MR) is 71.6 cm³/mol. The van der Waals surface area contributed by atoms with E-state index in [-0.39, 0.29) is 17.4 Å². The Morgan fingerprint density at radius 2 is 1.94 bits per heavy atom. The van der Waals surface area contributed by atoms with Crippen LogP contribution in [0, 0.1) is 11.3 Å². The van der Waals surface area contributed by atoms with Crippen LogP contribution >= 0.6 is 0 Å². The summed E-state index contributed by atoms with van der Waals surface area (Å²) in [6.07, 6.45) is 7.03. The van der Waals surface area contributed by atoms with E-state index < -0.39 is 0 Å². The molecule has 1 unspecified atom stereocenters. The van der Waals surface area contributed by atoms with Gasteiger partial charge in [-0.2, -0.15) is 0 Å². The lowest BCUT2D eigenvalue weighted by atomic mass is 9.86. The molecular formula is C14H28N2O. The summed E-state index contributed by atoms with van der Waals surface area (Å²) >= 11 is 0. The van der Waals surface area contributed by atoms with Crippen molar-refractivity contribution < 1.29 is 4.79 Å². The van der Waals surface area contributed by atoms with Crippen LogP contribution in [0.3, 0.4) is 0 Å². The monoisotopic (exact) mass is 240 g/mol. The number of nitrogens with one attached hydrogen (secondary N) is 1. The minimum absolute atomic E-state index is 0.0395. The SMILES string of the molecule is CC(C)(C)C(CN)NC(=O)CCC1CCCC1. The Morgan fingerprint density at radius 3 is 2.41 bits per heavy atom. The second-order valence-electron chi connectivity index (χ2n) is 6.41. The first-order valence-electron chi connectivity index (χ1n) is 6.93. The molecule has 0 aliphatic heterocycles. The molecular weight excluding hydrogens is 212 g/mol. The molecule has 0 aromatic rings. The molecule has 100 valence electrons. The van der Waals surface area contributed by atoms with Crippen LogP contribution in [0.15, 0.2) is 0 Å². The first-order valence-corrected chi connectivity index (χ1v) is 6.93. The van der Waals surface area contributed by atoms with E-state index in [0.29, 0.717) is 13.0 Å². The molecule has 0 spiro atoms. The molecule has 1 aliphatic carbocycles. The zero-order chi connectivity index (χ0) is 12.9. The van der Waals surface area contributed by atoms with Crippen molar-refractivity contribution in [3.05, 3.63) is 0 Å². The standard InChI is InChI=1S/C14H28N2O/c1-14(2,3)12(10-15)16-13(17)9-8-11-6-4-5-7-11/h11-12H,4-10,15H2,1-3H3,(H,16,17). The number of carbonyl (C=O) groups excluding carboxylic acids is 1. The summed E-state index contributed by atoms with van der Waals surface area (Å²) in [6, 6.07) is 0.0820. The molecule has 17 heavy (non-hydrogen) atoms. The molecule has 3 nitrogen and oxygen atoms in total. The van der Waals surface area contributed by atoms with Crippen LogP contribution in [0.25, 0.3) is 0 Å². The van der Waals surface area contributed by atoms with Crippen LogP contribution < -0.4 is 11.1 Å². The lowest BCUT2D eigenvalue weighted by molar-refractivity contribution is -0.122. The third-order valence-corrected chi connectivity index (χ3v) is 3.87. The Labute approximate surface area is 106 Å². The fraction of sp³-hybridized carbons (Fsp3) is 0.929. The van der Waals surface area contributed by atoms with Gasteiger partial charge in [0.2, 0.25) is 5.91 Å². The molecule has 0 bridgehead atoms. The van der Waals surface area contributed by atoms with Crippen LogP contribution in [0.1, 0.15) is 59.3 Å². The van der Waals surface area contributed by atoms with Crippen molar-refractivity contribution in [2.75, 3.05) is 6.54 Å². The fourth-order valence-electron chi connectivity index (χ4n) is 2.53. The Balaban J connectivity index is 2.27. The maximum atomic E-state index is 11.8. The van der Waals surface area contributed by atoms with Crippen LogP contribution in [0.2, 0.25) is 0 Å². The number of hydrogen-bond acceptors (Lipinski definition) is 2. The molecule has 1 saturated carbocycles. The van der Waals surface area contributed by atoms with E-state index in [0.717, 1.165) is 12.3 Å². The van der Waals surface area contributed by atoms with Crippen molar-refractivity contribution in [1.29, 1.82) is 0 Å². The Bertz CT molecular complexity index is 239. The maximum Gasteiger partial charge on any atom is 0.220 e. The lowest BCUT2D eigenvalue weighted by Crippen LogP contribution is -2.48. The van der Waals surface area contributed by atoms with Gasteiger partial charge in [-0.15, -0.1) is 0 Å². The first kappa shape index (κ1) is 14.5. The third kappa shape index (κ3) is 5.07. The van der Waals surface area contributed by atoms with Crippen molar-refractivity contribution in [1.82, 2.24) is 5.32 Å². The number of nitrogens with two attached hydrogens (primary N) is 1. The maximum absolute atomic E-state index is 11.8. The summed E-state index contributed by atoms with van der Waals surface area (Å²) in [5.74, 6) is 0.953. The smallest absolute Gasteiger partial charge is 0.220 e. The van der Waals surface area contributed by atoms with E-state index in [2.05, 4.69) is 26.1 Å². The zero-order valence-corrected chi connectivity index (χ0v) is 11.6. The summed E-state index contributed by atoms with van der Waals surface area (Å²) in [7, 11) is 0. The quantitative estimate of drug-likeness (QED) is 0.775. The van der Waals surface area contributed by atoms with Gasteiger partial charge in [0, 0.05) is 19.0 Å². The summed E-state index contributed by atoms with van der Waals surface area (Å²) in [5, 5.41) is 3.07. The summed E-state index contributed by atoms with van der Waals surface area (Å²) in [6.45, 7) is 6.85. The topological polar surface area (TPSA) is 55.1 Å². The summed E-state index contributed by atoms with van der Waals surface area (Å²) in [5.41, 5.74) is 5.75. The van der Waals surface area contributed by atoms with E-state index >= 15 is 0 Å². The second-order valence-corrected chi connectivity index (χ2v) is 6.41. The average Bonchev–Trinajstić information content (AvgIpc) is 2.74. The minimum Gasteiger partial charge on any atom is -0.352 e. The van der Waals surface area contributed by atoms with Gasteiger partial charge in [0.05, 0.1) is 0 Å². The molecule has 1 atom stereocenters. The Kier molecular flexibility index (Phi) is 5.44. The highest BCUT2D eigenvalue weighted by atomic mass is 16.1. The molecule has 1 aliphatic rings. The lowest BCUT2D eigenvalue weighted by Gasteiger charge is -2.30. The van der Waals surface area contributed by atoms with Gasteiger partial charge in [0.1, 0.15) is 0 Å². The number of hydrogen-bond donors (Lipinski definition) is 2. The van der Waals surface area contributed by atoms with Crippen LogP contribution in [0.4, 0.5) is 0 Å². The molecule has 0 aromatic carbocycles. The van der Waals surface area contributed by atoms with E-state index in [1.54, 1.807) is 0 Å². The minimum atomic E-state index is 0.0395. The van der Waals surface area contributed by atoms with Crippen LogP contribution in [-0.2, 0) is 4.79 Å². The summed E-state index contributed by atoms with van der Waals surface area (Å²) in [4.78, 5) is 11.8. The highest BCUT2D eigenvalue weighted by Crippen LogP contribution is 2.28. The number of carbonyl (C=O) groups is 1. The van der Waals surface area contributed by atoms with Gasteiger partial charge in [-0.05, 0) is 17.8 Å². The van der Waals surface area contributed by atoms with Crippen molar-refractivity contribution in [3.8, 4) is 0 Å². The van der Waals surface area contributed by atoms with Crippen molar-refractivity contribution >= 4 is 5.91 Å². The predicted octanol–water partition coefficient (Wildman–Crippen LogP) is 2.45. The second kappa shape index (κ2) is 6.39. The molecule has 3 N–H and O–H groups in total. The molecule has 0 saturated heterocycles. The van der Waals surface area contributed by atoms with Gasteiger partial charge in [-0.1, -0.05) is 46.5 Å². The van der Waals surface area contributed by atoms with Crippen LogP contribution in [0.5, 0.6) is 0 Å². The molecule has 1 rings (SSSR count). The van der Waals surface area contributed by atoms with Gasteiger partial charge in [-0.3, -0.25) is 4.79 Å². The van der Waals surface area contributed by atoms with Crippen molar-refractivity contribution in [3.63, 3.8) is 0 Å². The largest absolute Gasteiger partial charge is 0.352 e. The molecule has 1 amide bonds. The first-order chi connectivity index (χ1) is 7.93. The Hall–Kier alpha value is -0.570. The van der Waals surface area contributed by atoms with Crippen molar-refractivity contribution in [2.45, 2.75) is 65.3 Å². The normalized spacial score (nSPS) is 19.3. The van der Waals surface area contributed by atoms with Crippen LogP contribution in [-0.4, -0.2) is 18.5 Å². The summed E-state index contributed by atoms with van der Waals surface area (Å²) < 4.78 is 0. The Morgan fingerprint density at radius 1 is 1.35 bits per heavy atom. The van der Waals surface area contributed by atoms with Gasteiger partial charge in [-0.25, -0.2) is 0 Å². The zero-order valence-electron chi connectivity index (χ0n) is 11.6. The third-order valence-electron chi connectivity index (χ3n) is 3.87. The van der Waals surface area contributed by atoms with Gasteiger partial charge < -0.3 is 11.1 Å². The van der Waals surface area contributed by atoms with Gasteiger partial charge in [0.25, 0.3) is 0 Å². The van der Waals surface area contributed by atoms with Gasteiger partial charge in [0.15, 0.2) is 0 Å². The van der Waals surface area contributed by atoms with E-state index in [1.807, 2.05) is 0 Å². The molecule has 0 radical (unpaired) electrons. The van der Waals surface area contributed by atoms with E-state index in [9.17, 15) is 4.79 Å². The highest BCUT2D eigenvalue weighted by Gasteiger charge is 2.25. The average molecular weight is 240 g/mol. The number of rotatable bonds is 5.